The van der Waals surface area contributed by atoms with Gasteiger partial charge in [-0.1, -0.05) is 19.1 Å². The molecule has 3 rings (SSSR count). The number of carbonyl (C=O) groups is 1. The van der Waals surface area contributed by atoms with Gasteiger partial charge in [0.2, 0.25) is 0 Å². The third kappa shape index (κ3) is 8.10. The van der Waals surface area contributed by atoms with Gasteiger partial charge in [-0.2, -0.15) is 8.78 Å². The molecule has 1 aliphatic heterocycles. The lowest BCUT2D eigenvalue weighted by molar-refractivity contribution is -0.163. The standard InChI is InChI=1S/C25H37F2NO5/c1-16-18(11-13-31-22-10-5-6-12-30-22)19(16)14-17-8-7-9-21(32-23(26)27)20(17)15-28-24(29)33-25(2,3)4/h7-9,16,18-19,22-23H,5-6,10-15H2,1-4H3,(H,28,29)/t16-,18+,19-,22?/m1/s1. The molecule has 1 aromatic rings. The number of ether oxygens (including phenoxy) is 4. The van der Waals surface area contributed by atoms with E-state index in [-0.39, 0.29) is 18.6 Å². The lowest BCUT2D eigenvalue weighted by atomic mass is 9.99. The fourth-order valence-corrected chi connectivity index (χ4v) is 4.57. The number of benzene rings is 1. The van der Waals surface area contributed by atoms with E-state index >= 15 is 0 Å². The highest BCUT2D eigenvalue weighted by atomic mass is 19.3. The van der Waals surface area contributed by atoms with Crippen LogP contribution in [0, 0.1) is 17.8 Å². The third-order valence-electron chi connectivity index (χ3n) is 6.36. The molecule has 1 saturated heterocycles. The lowest BCUT2D eigenvalue weighted by Gasteiger charge is -2.22. The van der Waals surface area contributed by atoms with E-state index in [0.717, 1.165) is 44.3 Å². The minimum atomic E-state index is -2.94. The maximum Gasteiger partial charge on any atom is 0.407 e. The molecule has 1 amide bonds. The molecule has 2 aliphatic rings. The molecule has 0 aromatic heterocycles. The van der Waals surface area contributed by atoms with Crippen molar-refractivity contribution >= 4 is 6.09 Å². The van der Waals surface area contributed by atoms with E-state index in [9.17, 15) is 13.6 Å². The molecule has 1 aromatic carbocycles. The Hall–Kier alpha value is -1.93. The van der Waals surface area contributed by atoms with Crippen LogP contribution < -0.4 is 10.1 Å². The number of halogens is 2. The van der Waals surface area contributed by atoms with E-state index < -0.39 is 18.3 Å². The first-order chi connectivity index (χ1) is 15.6. The number of hydrogen-bond donors (Lipinski definition) is 1. The highest BCUT2D eigenvalue weighted by Gasteiger charge is 2.45. The molecule has 8 heteroatoms. The van der Waals surface area contributed by atoms with Crippen molar-refractivity contribution in [1.82, 2.24) is 5.32 Å². The highest BCUT2D eigenvalue weighted by molar-refractivity contribution is 5.68. The average Bonchev–Trinajstić information content (AvgIpc) is 3.33. The second-order valence-electron chi connectivity index (χ2n) is 9.97. The topological polar surface area (TPSA) is 66.0 Å². The van der Waals surface area contributed by atoms with Crippen molar-refractivity contribution in [3.8, 4) is 5.75 Å². The van der Waals surface area contributed by atoms with E-state index in [4.69, 9.17) is 18.9 Å². The first-order valence-electron chi connectivity index (χ1n) is 11.9. The molecule has 1 heterocycles. The first-order valence-corrected chi connectivity index (χ1v) is 11.9. The Morgan fingerprint density at radius 2 is 2.03 bits per heavy atom. The normalized spacial score (nSPS) is 25.1. The molecule has 1 saturated carbocycles. The van der Waals surface area contributed by atoms with E-state index in [0.29, 0.717) is 29.9 Å². The number of carbonyl (C=O) groups excluding carboxylic acids is 1. The Labute approximate surface area is 195 Å². The Kier molecular flexibility index (Phi) is 8.93. The van der Waals surface area contributed by atoms with Gasteiger partial charge >= 0.3 is 12.7 Å². The van der Waals surface area contributed by atoms with E-state index in [1.165, 1.54) is 6.07 Å². The zero-order valence-electron chi connectivity index (χ0n) is 20.1. The summed E-state index contributed by atoms with van der Waals surface area (Å²) in [4.78, 5) is 12.1. The minimum absolute atomic E-state index is 0.0566. The van der Waals surface area contributed by atoms with Gasteiger partial charge in [-0.15, -0.1) is 0 Å². The summed E-state index contributed by atoms with van der Waals surface area (Å²) in [5.74, 6) is 1.55. The minimum Gasteiger partial charge on any atom is -0.444 e. The Morgan fingerprint density at radius 1 is 1.24 bits per heavy atom. The predicted molar refractivity (Wildman–Crippen MR) is 120 cm³/mol. The van der Waals surface area contributed by atoms with E-state index in [2.05, 4.69) is 12.2 Å². The van der Waals surface area contributed by atoms with Gasteiger partial charge in [0.05, 0.1) is 13.2 Å². The van der Waals surface area contributed by atoms with E-state index in [1.807, 2.05) is 6.07 Å². The van der Waals surface area contributed by atoms with Crippen LogP contribution in [0.4, 0.5) is 13.6 Å². The van der Waals surface area contributed by atoms with Crippen LogP contribution in [0.3, 0.4) is 0 Å². The van der Waals surface area contributed by atoms with Crippen molar-refractivity contribution in [1.29, 1.82) is 0 Å². The van der Waals surface area contributed by atoms with Crippen LogP contribution in [0.5, 0.6) is 5.75 Å². The molecule has 0 radical (unpaired) electrons. The second-order valence-corrected chi connectivity index (χ2v) is 9.97. The van der Waals surface area contributed by atoms with Crippen LogP contribution in [0.25, 0.3) is 0 Å². The molecular weight excluding hydrogens is 432 g/mol. The van der Waals surface area contributed by atoms with Crippen LogP contribution in [0.15, 0.2) is 18.2 Å². The van der Waals surface area contributed by atoms with Gasteiger partial charge in [0.15, 0.2) is 6.29 Å². The van der Waals surface area contributed by atoms with E-state index in [1.54, 1.807) is 26.8 Å². The molecule has 0 spiro atoms. The van der Waals surface area contributed by atoms with Gasteiger partial charge < -0.3 is 24.3 Å². The monoisotopic (exact) mass is 469 g/mol. The number of hydrogen-bond acceptors (Lipinski definition) is 5. The van der Waals surface area contributed by atoms with Crippen molar-refractivity contribution < 1.29 is 32.5 Å². The zero-order valence-corrected chi connectivity index (χ0v) is 20.1. The molecule has 33 heavy (non-hydrogen) atoms. The molecule has 1 unspecified atom stereocenters. The summed E-state index contributed by atoms with van der Waals surface area (Å²) in [5.41, 5.74) is 0.821. The Balaban J connectivity index is 1.59. The smallest absolute Gasteiger partial charge is 0.407 e. The summed E-state index contributed by atoms with van der Waals surface area (Å²) >= 11 is 0. The highest BCUT2D eigenvalue weighted by Crippen LogP contribution is 2.50. The quantitative estimate of drug-likeness (QED) is 0.478. The van der Waals surface area contributed by atoms with Gasteiger partial charge in [0.25, 0.3) is 0 Å². The van der Waals surface area contributed by atoms with Crippen molar-refractivity contribution in [3.63, 3.8) is 0 Å². The SMILES string of the molecule is C[C@H]1[C@@H](Cc2cccc(OC(F)F)c2CNC(=O)OC(C)(C)C)[C@H]1CCOC1CCCCO1. The van der Waals surface area contributed by atoms with Crippen LogP contribution >= 0.6 is 0 Å². The molecule has 186 valence electrons. The maximum absolute atomic E-state index is 13.0. The number of alkyl halides is 2. The molecule has 6 nitrogen and oxygen atoms in total. The van der Waals surface area contributed by atoms with Crippen LogP contribution in [-0.2, 0) is 27.2 Å². The van der Waals surface area contributed by atoms with Crippen molar-refractivity contribution in [3.05, 3.63) is 29.3 Å². The van der Waals surface area contributed by atoms with Crippen LogP contribution in [-0.4, -0.2) is 37.8 Å². The van der Waals surface area contributed by atoms with Gasteiger partial charge in [0, 0.05) is 12.2 Å². The van der Waals surface area contributed by atoms with Crippen molar-refractivity contribution in [2.24, 2.45) is 17.8 Å². The molecule has 1 N–H and O–H groups in total. The molecule has 1 aliphatic carbocycles. The summed E-state index contributed by atoms with van der Waals surface area (Å²) in [6.45, 7) is 6.07. The molecular formula is C25H37F2NO5. The summed E-state index contributed by atoms with van der Waals surface area (Å²) in [6.07, 6.45) is 4.20. The van der Waals surface area contributed by atoms with Crippen molar-refractivity contribution in [2.45, 2.75) is 84.8 Å². The lowest BCUT2D eigenvalue weighted by Crippen LogP contribution is -2.32. The van der Waals surface area contributed by atoms with Gasteiger partial charge in [-0.25, -0.2) is 4.79 Å². The van der Waals surface area contributed by atoms with Crippen molar-refractivity contribution in [2.75, 3.05) is 13.2 Å². The fraction of sp³-hybridized carbons (Fsp3) is 0.720. The van der Waals surface area contributed by atoms with Gasteiger partial charge in [0.1, 0.15) is 11.4 Å². The largest absolute Gasteiger partial charge is 0.444 e. The summed E-state index contributed by atoms with van der Waals surface area (Å²) in [6, 6.07) is 5.14. The Morgan fingerprint density at radius 3 is 2.70 bits per heavy atom. The second kappa shape index (κ2) is 11.5. The van der Waals surface area contributed by atoms with Crippen LogP contribution in [0.2, 0.25) is 0 Å². The summed E-state index contributed by atoms with van der Waals surface area (Å²) in [7, 11) is 0. The zero-order chi connectivity index (χ0) is 24.0. The number of rotatable bonds is 10. The predicted octanol–water partition coefficient (Wildman–Crippen LogP) is 5.67. The maximum atomic E-state index is 13.0. The Bertz CT molecular complexity index is 777. The van der Waals surface area contributed by atoms with Gasteiger partial charge in [-0.05, 0) is 82.3 Å². The average molecular weight is 470 g/mol. The molecule has 4 atom stereocenters. The molecule has 0 bridgehead atoms. The summed E-state index contributed by atoms with van der Waals surface area (Å²) < 4.78 is 47.5. The first kappa shape index (κ1) is 25.7. The summed E-state index contributed by atoms with van der Waals surface area (Å²) in [5, 5.41) is 2.68. The fourth-order valence-electron chi connectivity index (χ4n) is 4.57. The van der Waals surface area contributed by atoms with Gasteiger partial charge in [-0.3, -0.25) is 0 Å². The number of alkyl carbamates (subject to hydrolysis) is 1. The molecule has 2 fully saturated rings. The van der Waals surface area contributed by atoms with Crippen LogP contribution in [0.1, 0.15) is 64.5 Å². The third-order valence-corrected chi connectivity index (χ3v) is 6.36. The number of amides is 1. The number of nitrogens with one attached hydrogen (secondary N) is 1.